The van der Waals surface area contributed by atoms with Crippen molar-refractivity contribution in [1.29, 1.82) is 0 Å². The minimum Gasteiger partial charge on any atom is -0.412 e. The van der Waals surface area contributed by atoms with Crippen molar-refractivity contribution in [3.63, 3.8) is 0 Å². The predicted molar refractivity (Wildman–Crippen MR) is 55.3 cm³/mol. The number of epoxide rings is 1. The van der Waals surface area contributed by atoms with Crippen LogP contribution in [-0.4, -0.2) is 26.1 Å². The first kappa shape index (κ1) is 9.68. The van der Waals surface area contributed by atoms with Crippen molar-refractivity contribution in [3.8, 4) is 0 Å². The highest BCUT2D eigenvalue weighted by molar-refractivity contribution is 6.69. The van der Waals surface area contributed by atoms with Crippen molar-refractivity contribution in [2.75, 3.05) is 0 Å². The van der Waals surface area contributed by atoms with Crippen molar-refractivity contribution in [2.24, 2.45) is 0 Å². The summed E-state index contributed by atoms with van der Waals surface area (Å²) in [6.45, 7) is 8.97. The van der Waals surface area contributed by atoms with E-state index in [9.17, 15) is 0 Å². The number of fused-ring (bicyclic) bond motifs is 1. The summed E-state index contributed by atoms with van der Waals surface area (Å²) in [5, 5.41) is 0. The highest BCUT2D eigenvalue weighted by Crippen LogP contribution is 2.48. The largest absolute Gasteiger partial charge is 0.412 e. The lowest BCUT2D eigenvalue weighted by molar-refractivity contribution is 0.140. The molecule has 1 heterocycles. The number of ether oxygens (including phenoxy) is 1. The van der Waals surface area contributed by atoms with Crippen LogP contribution >= 0.6 is 0 Å². The summed E-state index contributed by atoms with van der Waals surface area (Å²) in [5.41, 5.74) is 0.183. The van der Waals surface area contributed by atoms with Crippen molar-refractivity contribution in [2.45, 2.75) is 63.6 Å². The minimum absolute atomic E-state index is 0.183. The van der Waals surface area contributed by atoms with Crippen LogP contribution in [0.5, 0.6) is 0 Å². The second-order valence-electron chi connectivity index (χ2n) is 5.51. The maximum atomic E-state index is 6.11. The molecule has 0 amide bonds. The predicted octanol–water partition coefficient (Wildman–Crippen LogP) is 2.55. The van der Waals surface area contributed by atoms with Gasteiger partial charge in [-0.1, -0.05) is 0 Å². The van der Waals surface area contributed by atoms with E-state index < -0.39 is 8.32 Å². The molecule has 2 fully saturated rings. The van der Waals surface area contributed by atoms with Gasteiger partial charge in [0, 0.05) is 0 Å². The maximum absolute atomic E-state index is 6.11. The maximum Gasteiger partial charge on any atom is 0.184 e. The fourth-order valence-corrected chi connectivity index (χ4v) is 3.46. The smallest absolute Gasteiger partial charge is 0.184 e. The van der Waals surface area contributed by atoms with Crippen LogP contribution in [0.3, 0.4) is 0 Å². The molecule has 2 nitrogen and oxygen atoms in total. The van der Waals surface area contributed by atoms with E-state index in [0.29, 0.717) is 12.2 Å². The molecule has 1 saturated carbocycles. The Morgan fingerprint density at radius 3 is 2.69 bits per heavy atom. The molecule has 2 rings (SSSR count). The first-order chi connectivity index (χ1) is 5.91. The average molecular weight is 200 g/mol. The lowest BCUT2D eigenvalue weighted by Gasteiger charge is -2.28. The monoisotopic (exact) mass is 200 g/mol. The summed E-state index contributed by atoms with van der Waals surface area (Å²) < 4.78 is 11.8. The van der Waals surface area contributed by atoms with Gasteiger partial charge in [-0.15, -0.1) is 0 Å². The zero-order valence-corrected chi connectivity index (χ0v) is 10.1. The van der Waals surface area contributed by atoms with E-state index in [4.69, 9.17) is 9.16 Å². The SMILES string of the molecule is C[C@]12CCCC(O[Si](C)(C)C)[C@@H]1O2. The summed E-state index contributed by atoms with van der Waals surface area (Å²) in [7, 11) is -1.37. The molecule has 76 valence electrons. The Hall–Kier alpha value is 0.137. The summed E-state index contributed by atoms with van der Waals surface area (Å²) in [4.78, 5) is 0. The first-order valence-corrected chi connectivity index (χ1v) is 8.67. The Morgan fingerprint density at radius 1 is 1.38 bits per heavy atom. The molecule has 0 radical (unpaired) electrons. The lowest BCUT2D eigenvalue weighted by atomic mass is 9.89. The van der Waals surface area contributed by atoms with Crippen LogP contribution in [0.4, 0.5) is 0 Å². The second kappa shape index (κ2) is 2.81. The highest BCUT2D eigenvalue weighted by Gasteiger charge is 2.58. The first-order valence-electron chi connectivity index (χ1n) is 5.26. The van der Waals surface area contributed by atoms with Gasteiger partial charge < -0.3 is 9.16 Å². The zero-order chi connectivity index (χ0) is 9.69. The van der Waals surface area contributed by atoms with Gasteiger partial charge >= 0.3 is 0 Å². The molecule has 13 heavy (non-hydrogen) atoms. The Balaban J connectivity index is 1.94. The number of hydrogen-bond donors (Lipinski definition) is 0. The minimum atomic E-state index is -1.37. The van der Waals surface area contributed by atoms with Gasteiger partial charge in [-0.25, -0.2) is 0 Å². The lowest BCUT2D eigenvalue weighted by Crippen LogP contribution is -2.38. The normalized spacial score (nSPS) is 44.3. The Bertz CT molecular complexity index is 211. The molecule has 3 heteroatoms. The van der Waals surface area contributed by atoms with Gasteiger partial charge in [0.05, 0.1) is 11.7 Å². The summed E-state index contributed by atoms with van der Waals surface area (Å²) in [5.74, 6) is 0. The molecule has 1 aliphatic carbocycles. The van der Waals surface area contributed by atoms with E-state index in [2.05, 4.69) is 26.6 Å². The van der Waals surface area contributed by atoms with E-state index >= 15 is 0 Å². The second-order valence-corrected chi connectivity index (χ2v) is 9.97. The van der Waals surface area contributed by atoms with Crippen LogP contribution in [0, 0.1) is 0 Å². The summed E-state index contributed by atoms with van der Waals surface area (Å²) in [6, 6.07) is 0. The average Bonchev–Trinajstić information content (AvgIpc) is 2.58. The molecule has 1 unspecified atom stereocenters. The topological polar surface area (TPSA) is 21.8 Å². The van der Waals surface area contributed by atoms with Crippen LogP contribution < -0.4 is 0 Å². The van der Waals surface area contributed by atoms with Gasteiger partial charge in [-0.2, -0.15) is 0 Å². The van der Waals surface area contributed by atoms with E-state index in [1.54, 1.807) is 0 Å². The van der Waals surface area contributed by atoms with Crippen LogP contribution in [-0.2, 0) is 9.16 Å². The summed E-state index contributed by atoms with van der Waals surface area (Å²) >= 11 is 0. The van der Waals surface area contributed by atoms with Gasteiger partial charge in [0.25, 0.3) is 0 Å². The van der Waals surface area contributed by atoms with E-state index in [1.165, 1.54) is 19.3 Å². The van der Waals surface area contributed by atoms with Gasteiger partial charge in [-0.3, -0.25) is 0 Å². The summed E-state index contributed by atoms with van der Waals surface area (Å²) in [6.07, 6.45) is 4.49. The highest BCUT2D eigenvalue weighted by atomic mass is 28.4. The zero-order valence-electron chi connectivity index (χ0n) is 9.09. The molecule has 0 aromatic carbocycles. The van der Waals surface area contributed by atoms with Gasteiger partial charge in [-0.05, 0) is 45.8 Å². The number of rotatable bonds is 2. The van der Waals surface area contributed by atoms with Crippen molar-refractivity contribution in [1.82, 2.24) is 0 Å². The standard InChI is InChI=1S/C10H20O2Si/c1-10-7-5-6-8(9(10)11-10)12-13(2,3)4/h8-9H,5-7H2,1-4H3/t8?,9-,10-/m0/s1. The molecule has 1 aliphatic heterocycles. The van der Waals surface area contributed by atoms with Gasteiger partial charge in [0.2, 0.25) is 0 Å². The van der Waals surface area contributed by atoms with Crippen LogP contribution in [0.2, 0.25) is 19.6 Å². The van der Waals surface area contributed by atoms with E-state index in [1.807, 2.05) is 0 Å². The fraction of sp³-hybridized carbons (Fsp3) is 1.00. The fourth-order valence-electron chi connectivity index (χ4n) is 2.31. The third-order valence-electron chi connectivity index (χ3n) is 2.95. The van der Waals surface area contributed by atoms with E-state index in [-0.39, 0.29) is 5.60 Å². The number of hydrogen-bond acceptors (Lipinski definition) is 2. The van der Waals surface area contributed by atoms with Crippen LogP contribution in [0.25, 0.3) is 0 Å². The molecule has 3 atom stereocenters. The molecular formula is C10H20O2Si. The van der Waals surface area contributed by atoms with Crippen LogP contribution in [0.15, 0.2) is 0 Å². The molecule has 0 bridgehead atoms. The van der Waals surface area contributed by atoms with Crippen molar-refractivity contribution >= 4 is 8.32 Å². The van der Waals surface area contributed by atoms with Gasteiger partial charge in [0.15, 0.2) is 8.32 Å². The quantitative estimate of drug-likeness (QED) is 0.505. The molecule has 0 spiro atoms. The van der Waals surface area contributed by atoms with Crippen molar-refractivity contribution in [3.05, 3.63) is 0 Å². The van der Waals surface area contributed by atoms with Gasteiger partial charge in [0.1, 0.15) is 6.10 Å². The van der Waals surface area contributed by atoms with Crippen molar-refractivity contribution < 1.29 is 9.16 Å². The Morgan fingerprint density at radius 2 is 2.08 bits per heavy atom. The van der Waals surface area contributed by atoms with E-state index in [0.717, 1.165) is 0 Å². The van der Waals surface area contributed by atoms with Crippen LogP contribution in [0.1, 0.15) is 26.2 Å². The molecule has 0 N–H and O–H groups in total. The Labute approximate surface area is 81.7 Å². The third-order valence-corrected chi connectivity index (χ3v) is 3.96. The molecule has 1 saturated heterocycles. The Kier molecular flexibility index (Phi) is 2.09. The molecule has 0 aromatic heterocycles. The molecule has 0 aromatic rings. The molecule has 2 aliphatic rings. The molecular weight excluding hydrogens is 180 g/mol. The third kappa shape index (κ3) is 1.97.